The highest BCUT2D eigenvalue weighted by Crippen LogP contribution is 2.16. The molecule has 116 valence electrons. The molecule has 2 aromatic heterocycles. The summed E-state index contributed by atoms with van der Waals surface area (Å²) in [5.41, 5.74) is 0.161. The lowest BCUT2D eigenvalue weighted by molar-refractivity contribution is 0.108. The summed E-state index contributed by atoms with van der Waals surface area (Å²) in [7, 11) is 0. The van der Waals surface area contributed by atoms with Crippen molar-refractivity contribution in [2.24, 2.45) is 0 Å². The van der Waals surface area contributed by atoms with Gasteiger partial charge in [-0.2, -0.15) is 4.98 Å². The molecule has 0 bridgehead atoms. The Morgan fingerprint density at radius 1 is 1.24 bits per heavy atom. The first-order valence-electron chi connectivity index (χ1n) is 7.82. The molecule has 5 heteroatoms. The maximum Gasteiger partial charge on any atom is 0.350 e. The van der Waals surface area contributed by atoms with E-state index in [1.807, 2.05) is 12.3 Å². The normalized spacial score (nSPS) is 11.3. The van der Waals surface area contributed by atoms with E-state index in [0.29, 0.717) is 31.2 Å². The first-order valence-corrected chi connectivity index (χ1v) is 7.82. The Balaban J connectivity index is 2.06. The molecule has 2 heterocycles. The monoisotopic (exact) mass is 292 g/mol. The van der Waals surface area contributed by atoms with E-state index in [0.717, 1.165) is 24.6 Å². The molecule has 21 heavy (non-hydrogen) atoms. The number of hydrogen-bond donors (Lipinski definition) is 0. The number of rotatable bonds is 9. The molecule has 0 aromatic carbocycles. The quantitative estimate of drug-likeness (QED) is 0.664. The number of nitrogens with zero attached hydrogens (tertiary/aromatic N) is 2. The minimum absolute atomic E-state index is 0.241. The topological polar surface area (TPSA) is 57.3 Å². The summed E-state index contributed by atoms with van der Waals surface area (Å²) < 4.78 is 12.7. The predicted molar refractivity (Wildman–Crippen MR) is 82.4 cm³/mol. The maximum atomic E-state index is 11.9. The smallest absolute Gasteiger partial charge is 0.350 e. The second-order valence-corrected chi connectivity index (χ2v) is 5.30. The van der Waals surface area contributed by atoms with Crippen LogP contribution in [0.25, 0.3) is 11.1 Å². The Morgan fingerprint density at radius 3 is 2.86 bits per heavy atom. The van der Waals surface area contributed by atoms with Gasteiger partial charge in [0, 0.05) is 19.3 Å². The van der Waals surface area contributed by atoms with Gasteiger partial charge < -0.3 is 9.15 Å². The molecule has 2 aromatic rings. The van der Waals surface area contributed by atoms with Gasteiger partial charge in [0.05, 0.1) is 5.39 Å². The number of hydrogen-bond acceptors (Lipinski definition) is 4. The summed E-state index contributed by atoms with van der Waals surface area (Å²) in [5.74, 6) is 0.717. The van der Waals surface area contributed by atoms with Crippen LogP contribution in [0.15, 0.2) is 21.5 Å². The van der Waals surface area contributed by atoms with Gasteiger partial charge in [0.15, 0.2) is 0 Å². The summed E-state index contributed by atoms with van der Waals surface area (Å²) in [6.45, 7) is 6.08. The lowest BCUT2D eigenvalue weighted by Crippen LogP contribution is -2.21. The van der Waals surface area contributed by atoms with E-state index in [-0.39, 0.29) is 5.69 Å². The average molecular weight is 292 g/mol. The number of furan rings is 1. The van der Waals surface area contributed by atoms with E-state index < -0.39 is 0 Å². The van der Waals surface area contributed by atoms with E-state index in [1.165, 1.54) is 12.8 Å². The van der Waals surface area contributed by atoms with Gasteiger partial charge in [-0.05, 0) is 18.9 Å². The van der Waals surface area contributed by atoms with Crippen LogP contribution in [0.1, 0.15) is 51.7 Å². The van der Waals surface area contributed by atoms with Crippen LogP contribution in [0.4, 0.5) is 0 Å². The predicted octanol–water partition coefficient (Wildman–Crippen LogP) is 3.50. The highest BCUT2D eigenvalue weighted by atomic mass is 16.5. The maximum absolute atomic E-state index is 11.9. The molecule has 0 spiro atoms. The van der Waals surface area contributed by atoms with Crippen LogP contribution in [0.5, 0.6) is 0 Å². The minimum atomic E-state index is -0.241. The van der Waals surface area contributed by atoms with Crippen molar-refractivity contribution in [1.29, 1.82) is 0 Å². The number of ether oxygens (including phenoxy) is 1. The summed E-state index contributed by atoms with van der Waals surface area (Å²) in [4.78, 5) is 15.9. The van der Waals surface area contributed by atoms with Crippen LogP contribution < -0.4 is 5.69 Å². The largest absolute Gasteiger partial charge is 0.440 e. The Labute approximate surface area is 124 Å². The van der Waals surface area contributed by atoms with Gasteiger partial charge >= 0.3 is 5.69 Å². The third-order valence-electron chi connectivity index (χ3n) is 3.37. The van der Waals surface area contributed by atoms with Gasteiger partial charge in [0.25, 0.3) is 0 Å². The van der Waals surface area contributed by atoms with Crippen molar-refractivity contribution in [3.05, 3.63) is 28.5 Å². The molecule has 0 atom stereocenters. The van der Waals surface area contributed by atoms with Crippen LogP contribution in [0.2, 0.25) is 0 Å². The molecular weight excluding hydrogens is 268 g/mol. The summed E-state index contributed by atoms with van der Waals surface area (Å²) in [6.07, 6.45) is 7.35. The third-order valence-corrected chi connectivity index (χ3v) is 3.37. The van der Waals surface area contributed by atoms with Gasteiger partial charge in [-0.3, -0.25) is 4.57 Å². The third kappa shape index (κ3) is 4.43. The number of unbranched alkanes of at least 4 members (excludes halogenated alkanes) is 3. The molecule has 2 rings (SSSR count). The zero-order chi connectivity index (χ0) is 15.1. The molecule has 0 aliphatic rings. The van der Waals surface area contributed by atoms with Crippen molar-refractivity contribution in [3.63, 3.8) is 0 Å². The molecule has 0 unspecified atom stereocenters. The Morgan fingerprint density at radius 2 is 2.10 bits per heavy atom. The minimum Gasteiger partial charge on any atom is -0.440 e. The number of aromatic nitrogens is 2. The molecule has 0 radical (unpaired) electrons. The zero-order valence-electron chi connectivity index (χ0n) is 12.9. The van der Waals surface area contributed by atoms with Crippen LogP contribution in [0, 0.1) is 0 Å². The lowest BCUT2D eigenvalue weighted by atomic mass is 10.2. The second-order valence-electron chi connectivity index (χ2n) is 5.30. The van der Waals surface area contributed by atoms with Crippen LogP contribution >= 0.6 is 0 Å². The van der Waals surface area contributed by atoms with Crippen molar-refractivity contribution in [1.82, 2.24) is 9.55 Å². The van der Waals surface area contributed by atoms with E-state index >= 15 is 0 Å². The van der Waals surface area contributed by atoms with Crippen LogP contribution in [-0.2, 0) is 17.9 Å². The Kier molecular flexibility index (Phi) is 5.99. The van der Waals surface area contributed by atoms with E-state index in [1.54, 1.807) is 4.57 Å². The average Bonchev–Trinajstić information content (AvgIpc) is 2.85. The fourth-order valence-electron chi connectivity index (χ4n) is 2.26. The first-order chi connectivity index (χ1) is 10.2. The van der Waals surface area contributed by atoms with Crippen molar-refractivity contribution < 1.29 is 9.15 Å². The van der Waals surface area contributed by atoms with E-state index in [4.69, 9.17) is 9.15 Å². The van der Waals surface area contributed by atoms with Gasteiger partial charge in [0.2, 0.25) is 5.71 Å². The van der Waals surface area contributed by atoms with Crippen molar-refractivity contribution in [2.75, 3.05) is 6.61 Å². The molecule has 0 aliphatic carbocycles. The summed E-state index contributed by atoms with van der Waals surface area (Å²) >= 11 is 0. The van der Waals surface area contributed by atoms with Gasteiger partial charge in [-0.15, -0.1) is 0 Å². The van der Waals surface area contributed by atoms with Gasteiger partial charge in [-0.1, -0.05) is 33.1 Å². The van der Waals surface area contributed by atoms with Crippen molar-refractivity contribution in [2.45, 2.75) is 59.1 Å². The Hall–Kier alpha value is -1.62. The second kappa shape index (κ2) is 7.98. The molecule has 0 fully saturated rings. The van der Waals surface area contributed by atoms with E-state index in [2.05, 4.69) is 18.8 Å². The molecule has 0 amide bonds. The van der Waals surface area contributed by atoms with Crippen molar-refractivity contribution >= 4 is 11.1 Å². The molecule has 5 nitrogen and oxygen atoms in total. The fourth-order valence-corrected chi connectivity index (χ4v) is 2.26. The molecular formula is C16H24N2O3. The molecule has 0 saturated heterocycles. The van der Waals surface area contributed by atoms with Crippen LogP contribution in [0.3, 0.4) is 0 Å². The molecule has 0 aliphatic heterocycles. The molecule has 0 saturated carbocycles. The first kappa shape index (κ1) is 15.8. The highest BCUT2D eigenvalue weighted by Gasteiger charge is 2.08. The summed E-state index contributed by atoms with van der Waals surface area (Å²) in [6, 6.07) is 1.90. The summed E-state index contributed by atoms with van der Waals surface area (Å²) in [5, 5.41) is 0.861. The SMILES string of the molecule is CCCCCCn1cc2cc(COCCC)oc2nc1=O. The highest BCUT2D eigenvalue weighted by molar-refractivity contribution is 5.72. The Bertz CT molecular complexity index is 615. The number of fused-ring (bicyclic) bond motifs is 1. The lowest BCUT2D eigenvalue weighted by Gasteiger charge is -2.03. The van der Waals surface area contributed by atoms with Gasteiger partial charge in [-0.25, -0.2) is 4.79 Å². The zero-order valence-corrected chi connectivity index (χ0v) is 12.9. The number of aryl methyl sites for hydroxylation is 1. The standard InChI is InChI=1S/C16H24N2O3/c1-3-5-6-7-8-18-11-13-10-14(12-20-9-4-2)21-15(13)17-16(18)19/h10-11H,3-9,12H2,1-2H3. The van der Waals surface area contributed by atoms with Gasteiger partial charge in [0.1, 0.15) is 12.4 Å². The van der Waals surface area contributed by atoms with E-state index in [9.17, 15) is 4.79 Å². The van der Waals surface area contributed by atoms with Crippen molar-refractivity contribution in [3.8, 4) is 0 Å². The molecule has 0 N–H and O–H groups in total. The van der Waals surface area contributed by atoms with Crippen LogP contribution in [-0.4, -0.2) is 16.2 Å². The fraction of sp³-hybridized carbons (Fsp3) is 0.625.